The van der Waals surface area contributed by atoms with Crippen LogP contribution >= 0.6 is 0 Å². The molecule has 0 atom stereocenters. The Bertz CT molecular complexity index is 818. The zero-order valence-corrected chi connectivity index (χ0v) is 10.9. The molecule has 0 bridgehead atoms. The molecule has 1 N–H and O–H groups in total. The van der Waals surface area contributed by atoms with Crippen molar-refractivity contribution in [2.45, 2.75) is 0 Å². The molecule has 0 aliphatic rings. The molecule has 0 aliphatic heterocycles. The molecule has 3 aromatic rings. The van der Waals surface area contributed by atoms with Gasteiger partial charge in [-0.1, -0.05) is 12.1 Å². The summed E-state index contributed by atoms with van der Waals surface area (Å²) in [6, 6.07) is 9.13. The average molecular weight is 267 g/mol. The molecule has 0 radical (unpaired) electrons. The highest BCUT2D eigenvalue weighted by Gasteiger charge is 2.04. The minimum absolute atomic E-state index is 0.265. The first-order chi connectivity index (χ1) is 9.63. The molecule has 1 aromatic carbocycles. The first-order valence-electron chi connectivity index (χ1n) is 6.14. The van der Waals surface area contributed by atoms with E-state index in [1.54, 1.807) is 21.6 Å². The Balaban J connectivity index is 2.07. The predicted molar refractivity (Wildman–Crippen MR) is 75.9 cm³/mol. The van der Waals surface area contributed by atoms with Crippen LogP contribution in [-0.4, -0.2) is 19.5 Å². The number of pyridine rings is 1. The Morgan fingerprint density at radius 3 is 2.70 bits per heavy atom. The Labute approximate surface area is 115 Å². The van der Waals surface area contributed by atoms with E-state index in [9.17, 15) is 9.90 Å². The van der Waals surface area contributed by atoms with Crippen molar-refractivity contribution in [1.29, 1.82) is 0 Å². The molecule has 3 rings (SSSR count). The summed E-state index contributed by atoms with van der Waals surface area (Å²) in [5, 5.41) is 13.7. The Morgan fingerprint density at radius 1 is 1.15 bits per heavy atom. The summed E-state index contributed by atoms with van der Waals surface area (Å²) in [5.41, 5.74) is 2.51. The van der Waals surface area contributed by atoms with Gasteiger partial charge in [-0.15, -0.1) is 0 Å². The third-order valence-electron chi connectivity index (χ3n) is 3.08. The largest absolute Gasteiger partial charge is 0.503 e. The van der Waals surface area contributed by atoms with Gasteiger partial charge in [0.2, 0.25) is 5.43 Å². The highest BCUT2D eigenvalue weighted by Crippen LogP contribution is 2.21. The van der Waals surface area contributed by atoms with Crippen molar-refractivity contribution >= 4 is 0 Å². The number of hydrogen-bond donors (Lipinski definition) is 1. The minimum atomic E-state index is -0.385. The Kier molecular flexibility index (Phi) is 2.87. The van der Waals surface area contributed by atoms with E-state index in [-0.39, 0.29) is 11.2 Å². The van der Waals surface area contributed by atoms with Crippen LogP contribution in [0.25, 0.3) is 16.8 Å². The fourth-order valence-corrected chi connectivity index (χ4v) is 2.05. The summed E-state index contributed by atoms with van der Waals surface area (Å²) >= 11 is 0. The molecular formula is C15H13N3O2. The molecule has 0 saturated heterocycles. The molecule has 100 valence electrons. The lowest BCUT2D eigenvalue weighted by atomic mass is 10.1. The molecule has 5 heteroatoms. The molecule has 0 amide bonds. The lowest BCUT2D eigenvalue weighted by Gasteiger charge is -2.08. The molecule has 0 aliphatic carbocycles. The number of rotatable bonds is 2. The van der Waals surface area contributed by atoms with Crippen molar-refractivity contribution in [3.8, 4) is 22.6 Å². The maximum Gasteiger partial charge on any atom is 0.223 e. The summed E-state index contributed by atoms with van der Waals surface area (Å²) in [6.45, 7) is 0. The second-order valence-corrected chi connectivity index (χ2v) is 4.55. The third-order valence-corrected chi connectivity index (χ3v) is 3.08. The van der Waals surface area contributed by atoms with Gasteiger partial charge in [-0.05, 0) is 17.7 Å². The number of nitrogens with zero attached hydrogens (tertiary/aromatic N) is 3. The third kappa shape index (κ3) is 2.21. The van der Waals surface area contributed by atoms with Crippen LogP contribution in [0.4, 0.5) is 0 Å². The minimum Gasteiger partial charge on any atom is -0.503 e. The standard InChI is InChI=1S/C15H13N3O2/c1-17-9-12(8-16-17)11-3-2-4-13(7-11)18-6-5-14(19)15(20)10-18/h2-10,20H,1H3. The number of aromatic nitrogens is 3. The van der Waals surface area contributed by atoms with Gasteiger partial charge in [0.15, 0.2) is 5.75 Å². The van der Waals surface area contributed by atoms with Gasteiger partial charge in [-0.3, -0.25) is 9.48 Å². The van der Waals surface area contributed by atoms with E-state index >= 15 is 0 Å². The predicted octanol–water partition coefficient (Wildman–Crippen LogP) is 1.94. The van der Waals surface area contributed by atoms with Gasteiger partial charge in [-0.25, -0.2) is 0 Å². The number of hydrogen-bond acceptors (Lipinski definition) is 3. The van der Waals surface area contributed by atoms with Gasteiger partial charge < -0.3 is 9.67 Å². The summed E-state index contributed by atoms with van der Waals surface area (Å²) < 4.78 is 3.45. The SMILES string of the molecule is Cn1cc(-c2cccc(-n3ccc(=O)c(O)c3)c2)cn1. The van der Waals surface area contributed by atoms with Crippen LogP contribution in [0.2, 0.25) is 0 Å². The van der Waals surface area contributed by atoms with Crippen molar-refractivity contribution < 1.29 is 5.11 Å². The lowest BCUT2D eigenvalue weighted by molar-refractivity contribution is 0.465. The fraction of sp³-hybridized carbons (Fsp3) is 0.0667. The number of aromatic hydroxyl groups is 1. The van der Waals surface area contributed by atoms with E-state index in [1.165, 1.54) is 12.3 Å². The zero-order valence-electron chi connectivity index (χ0n) is 10.9. The molecule has 0 fully saturated rings. The van der Waals surface area contributed by atoms with E-state index < -0.39 is 0 Å². The van der Waals surface area contributed by atoms with Crippen LogP contribution in [-0.2, 0) is 7.05 Å². The van der Waals surface area contributed by atoms with E-state index in [4.69, 9.17) is 0 Å². The maximum atomic E-state index is 11.2. The first-order valence-corrected chi connectivity index (χ1v) is 6.14. The summed E-state index contributed by atoms with van der Waals surface area (Å²) in [4.78, 5) is 11.2. The van der Waals surface area contributed by atoms with Gasteiger partial charge in [0.05, 0.1) is 12.4 Å². The van der Waals surface area contributed by atoms with Crippen molar-refractivity contribution in [2.24, 2.45) is 7.05 Å². The van der Waals surface area contributed by atoms with Gasteiger partial charge >= 0.3 is 0 Å². The van der Waals surface area contributed by atoms with Crippen molar-refractivity contribution in [3.63, 3.8) is 0 Å². The van der Waals surface area contributed by atoms with E-state index in [0.29, 0.717) is 0 Å². The molecule has 2 aromatic heterocycles. The highest BCUT2D eigenvalue weighted by molar-refractivity contribution is 5.64. The van der Waals surface area contributed by atoms with Gasteiger partial charge in [-0.2, -0.15) is 5.10 Å². The topological polar surface area (TPSA) is 60.0 Å². The van der Waals surface area contributed by atoms with Gasteiger partial charge in [0, 0.05) is 36.8 Å². The van der Waals surface area contributed by atoms with E-state index in [2.05, 4.69) is 5.10 Å². The zero-order chi connectivity index (χ0) is 14.1. The second kappa shape index (κ2) is 4.70. The Hall–Kier alpha value is -2.82. The second-order valence-electron chi connectivity index (χ2n) is 4.55. The molecule has 0 saturated carbocycles. The number of aryl methyl sites for hydroxylation is 1. The normalized spacial score (nSPS) is 10.7. The lowest BCUT2D eigenvalue weighted by Crippen LogP contribution is -2.03. The van der Waals surface area contributed by atoms with E-state index in [1.807, 2.05) is 37.5 Å². The molecular weight excluding hydrogens is 254 g/mol. The van der Waals surface area contributed by atoms with Gasteiger partial charge in [0.1, 0.15) is 0 Å². The van der Waals surface area contributed by atoms with Crippen LogP contribution in [0.3, 0.4) is 0 Å². The van der Waals surface area contributed by atoms with Crippen LogP contribution in [0.15, 0.2) is 59.9 Å². The van der Waals surface area contributed by atoms with Crippen LogP contribution in [0.1, 0.15) is 0 Å². The summed E-state index contributed by atoms with van der Waals surface area (Å²) in [5.74, 6) is -0.265. The number of benzene rings is 1. The van der Waals surface area contributed by atoms with Crippen LogP contribution < -0.4 is 5.43 Å². The van der Waals surface area contributed by atoms with Crippen LogP contribution in [0.5, 0.6) is 5.75 Å². The molecule has 20 heavy (non-hydrogen) atoms. The summed E-state index contributed by atoms with van der Waals surface area (Å²) in [6.07, 6.45) is 6.76. The quantitative estimate of drug-likeness (QED) is 0.772. The first kappa shape index (κ1) is 12.2. The van der Waals surface area contributed by atoms with E-state index in [0.717, 1.165) is 16.8 Å². The van der Waals surface area contributed by atoms with Crippen molar-refractivity contribution in [2.75, 3.05) is 0 Å². The smallest absolute Gasteiger partial charge is 0.223 e. The molecule has 2 heterocycles. The van der Waals surface area contributed by atoms with Crippen LogP contribution in [0, 0.1) is 0 Å². The summed E-state index contributed by atoms with van der Waals surface area (Å²) in [7, 11) is 1.87. The molecule has 0 spiro atoms. The van der Waals surface area contributed by atoms with Crippen molar-refractivity contribution in [3.05, 3.63) is 65.3 Å². The maximum absolute atomic E-state index is 11.2. The highest BCUT2D eigenvalue weighted by atomic mass is 16.3. The molecule has 5 nitrogen and oxygen atoms in total. The average Bonchev–Trinajstić information content (AvgIpc) is 2.89. The van der Waals surface area contributed by atoms with Gasteiger partial charge in [0.25, 0.3) is 0 Å². The van der Waals surface area contributed by atoms with Crippen molar-refractivity contribution in [1.82, 2.24) is 14.3 Å². The fourth-order valence-electron chi connectivity index (χ4n) is 2.05. The molecule has 0 unspecified atom stereocenters. The Morgan fingerprint density at radius 2 is 2.00 bits per heavy atom. The monoisotopic (exact) mass is 267 g/mol.